The molecule has 3 heterocycles. The normalized spacial score (nSPS) is 16.7. The number of aromatic nitrogens is 3. The Morgan fingerprint density at radius 2 is 1.87 bits per heavy atom. The van der Waals surface area contributed by atoms with E-state index in [0.717, 1.165) is 31.4 Å². The minimum absolute atomic E-state index is 0.00258. The van der Waals surface area contributed by atoms with Crippen LogP contribution in [-0.2, 0) is 24.8 Å². The number of carbonyl (C=O) groups excluding carboxylic acids is 2. The van der Waals surface area contributed by atoms with Crippen molar-refractivity contribution in [3.63, 3.8) is 0 Å². The molecule has 166 valence electrons. The van der Waals surface area contributed by atoms with Crippen LogP contribution in [0.2, 0.25) is 0 Å². The Balaban J connectivity index is 1.67. The number of pyridine rings is 1. The van der Waals surface area contributed by atoms with Gasteiger partial charge in [-0.05, 0) is 38.7 Å². The Hall–Kier alpha value is -3.10. The molecular formula is C22H28N4O5. The Kier molecular flexibility index (Phi) is 5.84. The lowest BCUT2D eigenvalue weighted by molar-refractivity contribution is 0.0590. The highest BCUT2D eigenvalue weighted by Crippen LogP contribution is 2.29. The van der Waals surface area contributed by atoms with Crippen molar-refractivity contribution in [1.82, 2.24) is 19.2 Å². The second-order valence-corrected chi connectivity index (χ2v) is 8.17. The number of fused-ring (bicyclic) bond motifs is 1. The Morgan fingerprint density at radius 1 is 1.13 bits per heavy atom. The summed E-state index contributed by atoms with van der Waals surface area (Å²) in [7, 11) is 3.06. The van der Waals surface area contributed by atoms with Gasteiger partial charge in [0.25, 0.3) is 11.5 Å². The van der Waals surface area contributed by atoms with Gasteiger partial charge in [0.2, 0.25) is 0 Å². The molecule has 1 fully saturated rings. The quantitative estimate of drug-likeness (QED) is 0.688. The van der Waals surface area contributed by atoms with E-state index in [4.69, 9.17) is 9.47 Å². The van der Waals surface area contributed by atoms with Crippen molar-refractivity contribution >= 4 is 11.9 Å². The fraction of sp³-hybridized carbons (Fsp3) is 0.545. The topological polar surface area (TPSA) is 95.7 Å². The van der Waals surface area contributed by atoms with Gasteiger partial charge >= 0.3 is 5.97 Å². The van der Waals surface area contributed by atoms with Crippen molar-refractivity contribution in [2.45, 2.75) is 51.7 Å². The Labute approximate surface area is 180 Å². The number of carbonyl (C=O) groups is 2. The Bertz CT molecular complexity index is 1060. The van der Waals surface area contributed by atoms with E-state index in [2.05, 4.69) is 5.10 Å². The number of rotatable bonds is 4. The predicted molar refractivity (Wildman–Crippen MR) is 112 cm³/mol. The second kappa shape index (κ2) is 8.56. The molecule has 1 amide bonds. The molecule has 4 rings (SSSR count). The number of hydrogen-bond donors (Lipinski definition) is 0. The highest BCUT2D eigenvalue weighted by Gasteiger charge is 2.30. The molecule has 0 saturated heterocycles. The van der Waals surface area contributed by atoms with Crippen molar-refractivity contribution < 1.29 is 19.1 Å². The van der Waals surface area contributed by atoms with Crippen LogP contribution >= 0.6 is 0 Å². The third-order valence-corrected chi connectivity index (χ3v) is 6.09. The number of ether oxygens (including phenoxy) is 2. The molecule has 0 unspecified atom stereocenters. The van der Waals surface area contributed by atoms with Gasteiger partial charge in [-0.25, -0.2) is 4.79 Å². The molecule has 1 aliphatic heterocycles. The molecule has 0 N–H and O–H groups in total. The van der Waals surface area contributed by atoms with Crippen LogP contribution in [0.15, 0.2) is 16.9 Å². The molecule has 9 heteroatoms. The molecule has 0 radical (unpaired) electrons. The number of hydrogen-bond acceptors (Lipinski definition) is 6. The van der Waals surface area contributed by atoms with Crippen LogP contribution in [0.25, 0.3) is 0 Å². The average molecular weight is 428 g/mol. The molecule has 0 spiro atoms. The first-order valence-corrected chi connectivity index (χ1v) is 10.7. The van der Waals surface area contributed by atoms with Crippen LogP contribution in [-0.4, -0.2) is 57.4 Å². The van der Waals surface area contributed by atoms with Crippen molar-refractivity contribution in [2.24, 2.45) is 7.05 Å². The average Bonchev–Trinajstić information content (AvgIpc) is 3.30. The predicted octanol–water partition coefficient (Wildman–Crippen LogP) is 1.70. The van der Waals surface area contributed by atoms with E-state index >= 15 is 0 Å². The minimum atomic E-state index is -0.529. The molecule has 1 saturated carbocycles. The van der Waals surface area contributed by atoms with E-state index in [1.165, 1.54) is 13.2 Å². The highest BCUT2D eigenvalue weighted by atomic mass is 16.5. The molecule has 2 aromatic heterocycles. The summed E-state index contributed by atoms with van der Waals surface area (Å²) in [5.74, 6) is -0.387. The van der Waals surface area contributed by atoms with Gasteiger partial charge in [-0.2, -0.15) is 5.10 Å². The zero-order chi connectivity index (χ0) is 22.1. The molecule has 2 aliphatic rings. The molecule has 1 aliphatic carbocycles. The maximum absolute atomic E-state index is 13.1. The van der Waals surface area contributed by atoms with Gasteiger partial charge in [-0.3, -0.25) is 14.3 Å². The maximum atomic E-state index is 13.1. The number of aryl methyl sites for hydroxylation is 2. The van der Waals surface area contributed by atoms with Crippen molar-refractivity contribution in [1.29, 1.82) is 0 Å². The fourth-order valence-corrected chi connectivity index (χ4v) is 4.53. The first kappa shape index (κ1) is 21.1. The van der Waals surface area contributed by atoms with E-state index in [1.807, 2.05) is 6.92 Å². The summed E-state index contributed by atoms with van der Waals surface area (Å²) in [5.41, 5.74) is 1.88. The van der Waals surface area contributed by atoms with Gasteiger partial charge in [-0.1, -0.05) is 0 Å². The van der Waals surface area contributed by atoms with Gasteiger partial charge in [0, 0.05) is 44.9 Å². The lowest BCUT2D eigenvalue weighted by Gasteiger charge is -2.20. The SMILES string of the molecule is COC(=O)c1c(OC2CCCC2)cc(=O)n2c1CCN(C(=O)c1cc(C)nn1C)CC2. The summed E-state index contributed by atoms with van der Waals surface area (Å²) in [6, 6.07) is 3.13. The van der Waals surface area contributed by atoms with Gasteiger partial charge in [0.1, 0.15) is 17.0 Å². The molecule has 0 atom stereocenters. The number of nitrogens with zero attached hydrogens (tertiary/aromatic N) is 4. The summed E-state index contributed by atoms with van der Waals surface area (Å²) in [5, 5.41) is 4.25. The smallest absolute Gasteiger partial charge is 0.343 e. The molecule has 2 aromatic rings. The van der Waals surface area contributed by atoms with Crippen LogP contribution in [0.1, 0.15) is 57.9 Å². The zero-order valence-corrected chi connectivity index (χ0v) is 18.2. The summed E-state index contributed by atoms with van der Waals surface area (Å²) in [4.78, 5) is 40.3. The number of amides is 1. The summed E-state index contributed by atoms with van der Waals surface area (Å²) >= 11 is 0. The lowest BCUT2D eigenvalue weighted by atomic mass is 10.1. The standard InChI is InChI=1S/C22H28N4O5/c1-14-12-17(24(2)23-14)21(28)25-9-8-16-20(22(29)30-3)18(31-15-6-4-5-7-15)13-19(27)26(16)11-10-25/h12-13,15H,4-11H2,1-3H3. The minimum Gasteiger partial charge on any atom is -0.489 e. The van der Waals surface area contributed by atoms with Gasteiger partial charge in [0.05, 0.1) is 18.9 Å². The maximum Gasteiger partial charge on any atom is 0.343 e. The summed E-state index contributed by atoms with van der Waals surface area (Å²) in [6.07, 6.45) is 4.32. The van der Waals surface area contributed by atoms with Crippen molar-refractivity contribution in [2.75, 3.05) is 20.2 Å². The van der Waals surface area contributed by atoms with Crippen LogP contribution in [0, 0.1) is 6.92 Å². The molecule has 0 aromatic carbocycles. The van der Waals surface area contributed by atoms with E-state index in [9.17, 15) is 14.4 Å². The van der Waals surface area contributed by atoms with E-state index in [1.54, 1.807) is 27.3 Å². The van der Waals surface area contributed by atoms with Crippen LogP contribution in [0.4, 0.5) is 0 Å². The molecule has 31 heavy (non-hydrogen) atoms. The first-order valence-electron chi connectivity index (χ1n) is 10.7. The van der Waals surface area contributed by atoms with E-state index < -0.39 is 5.97 Å². The number of esters is 1. The van der Waals surface area contributed by atoms with Crippen LogP contribution in [0.5, 0.6) is 5.75 Å². The zero-order valence-electron chi connectivity index (χ0n) is 18.2. The molecule has 0 bridgehead atoms. The largest absolute Gasteiger partial charge is 0.489 e. The van der Waals surface area contributed by atoms with E-state index in [0.29, 0.717) is 43.0 Å². The monoisotopic (exact) mass is 428 g/mol. The molecular weight excluding hydrogens is 400 g/mol. The second-order valence-electron chi connectivity index (χ2n) is 8.17. The van der Waals surface area contributed by atoms with E-state index in [-0.39, 0.29) is 23.3 Å². The Morgan fingerprint density at radius 3 is 2.52 bits per heavy atom. The van der Waals surface area contributed by atoms with Gasteiger partial charge in [0.15, 0.2) is 0 Å². The van der Waals surface area contributed by atoms with Gasteiger partial charge in [-0.15, -0.1) is 0 Å². The third kappa shape index (κ3) is 4.08. The number of methoxy groups -OCH3 is 1. The van der Waals surface area contributed by atoms with Gasteiger partial charge < -0.3 is 18.9 Å². The summed E-state index contributed by atoms with van der Waals surface area (Å²) in [6.45, 7) is 2.87. The molecule has 9 nitrogen and oxygen atoms in total. The third-order valence-electron chi connectivity index (χ3n) is 6.09. The highest BCUT2D eigenvalue weighted by molar-refractivity contribution is 5.94. The summed E-state index contributed by atoms with van der Waals surface area (Å²) < 4.78 is 14.2. The fourth-order valence-electron chi connectivity index (χ4n) is 4.53. The lowest BCUT2D eigenvalue weighted by Crippen LogP contribution is -2.35. The van der Waals surface area contributed by atoms with Crippen molar-refractivity contribution in [3.8, 4) is 5.75 Å². The van der Waals surface area contributed by atoms with Crippen molar-refractivity contribution in [3.05, 3.63) is 45.1 Å². The van der Waals surface area contributed by atoms with Crippen LogP contribution < -0.4 is 10.3 Å². The first-order chi connectivity index (χ1) is 14.9. The van der Waals surface area contributed by atoms with Crippen LogP contribution in [0.3, 0.4) is 0 Å².